The molecule has 2 heterocycles. The van der Waals surface area contributed by atoms with Gasteiger partial charge >= 0.3 is 5.56 Å². The maximum atomic E-state index is 12.1. The summed E-state index contributed by atoms with van der Waals surface area (Å²) in [6.07, 6.45) is 6.56. The second-order valence-corrected chi connectivity index (χ2v) is 4.09. The van der Waals surface area contributed by atoms with Crippen LogP contribution in [0.25, 0.3) is 23.3 Å². The molecule has 0 unspecified atom stereocenters. The average Bonchev–Trinajstić information content (AvgIpc) is 2.66. The number of pyridine rings is 1. The first-order chi connectivity index (χ1) is 11.6. The van der Waals surface area contributed by atoms with E-state index in [-0.39, 0.29) is 11.3 Å². The highest BCUT2D eigenvalue weighted by Gasteiger charge is 2.15. The normalized spacial score (nSPS) is 8.92. The summed E-state index contributed by atoms with van der Waals surface area (Å²) in [6.45, 7) is 15.5. The van der Waals surface area contributed by atoms with Crippen LogP contribution in [0.15, 0.2) is 36.4 Å². The fraction of sp³-hybridized carbons (Fsp3) is 0.316. The SMILES string of the molecule is C=Cc1nccc(-c2cnn(C)c(=O)c2OC)c1C=C.CC.CC. The van der Waals surface area contributed by atoms with Gasteiger partial charge in [0, 0.05) is 18.8 Å². The van der Waals surface area contributed by atoms with Gasteiger partial charge in [0.1, 0.15) is 0 Å². The summed E-state index contributed by atoms with van der Waals surface area (Å²) in [5.74, 6) is 0.242. The maximum absolute atomic E-state index is 12.1. The Morgan fingerprint density at radius 1 is 1.12 bits per heavy atom. The van der Waals surface area contributed by atoms with Crippen molar-refractivity contribution in [2.24, 2.45) is 7.05 Å². The molecule has 5 nitrogen and oxygen atoms in total. The Balaban J connectivity index is 0.00000123. The van der Waals surface area contributed by atoms with Crippen LogP contribution in [0.1, 0.15) is 39.0 Å². The Morgan fingerprint density at radius 2 is 1.75 bits per heavy atom. The fourth-order valence-corrected chi connectivity index (χ4v) is 2.01. The van der Waals surface area contributed by atoms with E-state index in [4.69, 9.17) is 4.74 Å². The number of rotatable bonds is 4. The quantitative estimate of drug-likeness (QED) is 0.844. The molecule has 0 bridgehead atoms. The van der Waals surface area contributed by atoms with Crippen LogP contribution < -0.4 is 10.3 Å². The van der Waals surface area contributed by atoms with Gasteiger partial charge in [0.2, 0.25) is 0 Å². The van der Waals surface area contributed by atoms with Crippen LogP contribution >= 0.6 is 0 Å². The highest BCUT2D eigenvalue weighted by Crippen LogP contribution is 2.31. The molecule has 24 heavy (non-hydrogen) atoms. The number of hydrogen-bond acceptors (Lipinski definition) is 4. The van der Waals surface area contributed by atoms with Gasteiger partial charge in [0.05, 0.1) is 24.6 Å². The van der Waals surface area contributed by atoms with Crippen molar-refractivity contribution in [3.63, 3.8) is 0 Å². The van der Waals surface area contributed by atoms with E-state index in [0.717, 1.165) is 11.1 Å². The van der Waals surface area contributed by atoms with E-state index in [2.05, 4.69) is 23.2 Å². The van der Waals surface area contributed by atoms with Crippen molar-refractivity contribution in [3.05, 3.63) is 53.2 Å². The van der Waals surface area contributed by atoms with Gasteiger partial charge in [0.25, 0.3) is 0 Å². The molecular weight excluding hydrogens is 302 g/mol. The monoisotopic (exact) mass is 329 g/mol. The molecule has 0 radical (unpaired) electrons. The minimum absolute atomic E-state index is 0.242. The van der Waals surface area contributed by atoms with Gasteiger partial charge in [0.15, 0.2) is 5.75 Å². The first kappa shape index (κ1) is 21.3. The average molecular weight is 329 g/mol. The summed E-state index contributed by atoms with van der Waals surface area (Å²) in [5, 5.41) is 4.04. The van der Waals surface area contributed by atoms with Gasteiger partial charge in [-0.15, -0.1) is 0 Å². The summed E-state index contributed by atoms with van der Waals surface area (Å²) in [5.41, 5.74) is 2.58. The van der Waals surface area contributed by atoms with Crippen molar-refractivity contribution >= 4 is 12.2 Å². The van der Waals surface area contributed by atoms with Crippen LogP contribution in [0, 0.1) is 0 Å². The van der Waals surface area contributed by atoms with Crippen LogP contribution in [-0.4, -0.2) is 21.9 Å². The third-order valence-corrected chi connectivity index (χ3v) is 3.01. The molecule has 0 aliphatic rings. The number of hydrogen-bond donors (Lipinski definition) is 0. The van der Waals surface area contributed by atoms with Crippen molar-refractivity contribution in [1.29, 1.82) is 0 Å². The van der Waals surface area contributed by atoms with Crippen LogP contribution in [0.4, 0.5) is 0 Å². The lowest BCUT2D eigenvalue weighted by Crippen LogP contribution is -2.21. The van der Waals surface area contributed by atoms with Crippen molar-refractivity contribution in [2.45, 2.75) is 27.7 Å². The zero-order valence-electron chi connectivity index (χ0n) is 15.5. The lowest BCUT2D eigenvalue weighted by Gasteiger charge is -2.12. The molecule has 2 aromatic heterocycles. The summed E-state index contributed by atoms with van der Waals surface area (Å²) < 4.78 is 6.46. The van der Waals surface area contributed by atoms with E-state index >= 15 is 0 Å². The number of ether oxygens (including phenoxy) is 1. The molecule has 0 spiro atoms. The molecule has 0 fully saturated rings. The largest absolute Gasteiger partial charge is 0.491 e. The molecule has 5 heteroatoms. The Bertz CT molecular complexity index is 734. The van der Waals surface area contributed by atoms with Gasteiger partial charge in [-0.1, -0.05) is 46.9 Å². The Morgan fingerprint density at radius 3 is 2.25 bits per heavy atom. The summed E-state index contributed by atoms with van der Waals surface area (Å²) in [7, 11) is 3.04. The van der Waals surface area contributed by atoms with E-state index in [0.29, 0.717) is 11.3 Å². The smallest absolute Gasteiger partial charge is 0.309 e. The number of aromatic nitrogens is 3. The summed E-state index contributed by atoms with van der Waals surface area (Å²) in [6, 6.07) is 1.79. The van der Waals surface area contributed by atoms with Gasteiger partial charge in [-0.05, 0) is 17.7 Å². The number of nitrogens with zero attached hydrogens (tertiary/aromatic N) is 3. The highest BCUT2D eigenvalue weighted by atomic mass is 16.5. The number of methoxy groups -OCH3 is 1. The maximum Gasteiger partial charge on any atom is 0.309 e. The van der Waals surface area contributed by atoms with Crippen LogP contribution in [-0.2, 0) is 7.05 Å². The third-order valence-electron chi connectivity index (χ3n) is 3.01. The predicted octanol–water partition coefficient (Wildman–Crippen LogP) is 4.19. The second kappa shape index (κ2) is 10.9. The standard InChI is InChI=1S/C15H15N3O2.2C2H6/c1-5-10-11(7-8-16-13(10)6-2)12-9-17-18(3)15(19)14(12)20-4;2*1-2/h5-9H,1-2H2,3-4H3;2*1-2H3. The molecule has 130 valence electrons. The Kier molecular flexibility index (Phi) is 9.71. The lowest BCUT2D eigenvalue weighted by atomic mass is 10.00. The fourth-order valence-electron chi connectivity index (χ4n) is 2.01. The van der Waals surface area contributed by atoms with Gasteiger partial charge in [-0.3, -0.25) is 9.78 Å². The lowest BCUT2D eigenvalue weighted by molar-refractivity contribution is 0.402. The summed E-state index contributed by atoms with van der Waals surface area (Å²) in [4.78, 5) is 16.3. The van der Waals surface area contributed by atoms with Gasteiger partial charge in [-0.2, -0.15) is 5.10 Å². The van der Waals surface area contributed by atoms with Crippen molar-refractivity contribution in [1.82, 2.24) is 14.8 Å². The zero-order valence-corrected chi connectivity index (χ0v) is 15.5. The van der Waals surface area contributed by atoms with Crippen molar-refractivity contribution < 1.29 is 4.74 Å². The predicted molar refractivity (Wildman–Crippen MR) is 102 cm³/mol. The van der Waals surface area contributed by atoms with E-state index < -0.39 is 0 Å². The first-order valence-corrected chi connectivity index (χ1v) is 7.98. The molecule has 2 rings (SSSR count). The van der Waals surface area contributed by atoms with Crippen LogP contribution in [0.3, 0.4) is 0 Å². The molecule has 0 aliphatic heterocycles. The molecule has 0 amide bonds. The number of aryl methyl sites for hydroxylation is 1. The summed E-state index contributed by atoms with van der Waals surface area (Å²) >= 11 is 0. The van der Waals surface area contributed by atoms with Crippen molar-refractivity contribution in [3.8, 4) is 16.9 Å². The van der Waals surface area contributed by atoms with Gasteiger partial charge < -0.3 is 4.74 Å². The van der Waals surface area contributed by atoms with Crippen LogP contribution in [0.2, 0.25) is 0 Å². The van der Waals surface area contributed by atoms with E-state index in [9.17, 15) is 4.79 Å². The highest BCUT2D eigenvalue weighted by molar-refractivity contribution is 5.81. The molecule has 2 aromatic rings. The zero-order chi connectivity index (χ0) is 18.7. The third kappa shape index (κ3) is 4.41. The minimum atomic E-state index is -0.294. The Labute approximate surface area is 144 Å². The molecular formula is C19H27N3O2. The van der Waals surface area contributed by atoms with Gasteiger partial charge in [-0.25, -0.2) is 4.68 Å². The topological polar surface area (TPSA) is 57.0 Å². The molecule has 0 aromatic carbocycles. The van der Waals surface area contributed by atoms with Crippen LogP contribution in [0.5, 0.6) is 5.75 Å². The van der Waals surface area contributed by atoms with E-state index in [1.54, 1.807) is 37.7 Å². The van der Waals surface area contributed by atoms with Crippen molar-refractivity contribution in [2.75, 3.05) is 7.11 Å². The second-order valence-electron chi connectivity index (χ2n) is 4.09. The molecule has 0 aliphatic carbocycles. The minimum Gasteiger partial charge on any atom is -0.491 e. The van der Waals surface area contributed by atoms with E-state index in [1.165, 1.54) is 11.8 Å². The van der Waals surface area contributed by atoms with E-state index in [1.807, 2.05) is 27.7 Å². The molecule has 0 saturated carbocycles. The Hall–Kier alpha value is -2.69. The molecule has 0 saturated heterocycles. The molecule has 0 N–H and O–H groups in total. The molecule has 0 atom stereocenters. The first-order valence-electron chi connectivity index (χ1n) is 7.98.